The Hall–Kier alpha value is -3.32. The maximum absolute atomic E-state index is 13.0. The molecule has 1 N–H and O–H groups in total. The van der Waals surface area contributed by atoms with E-state index in [1.54, 1.807) is 6.92 Å². The van der Waals surface area contributed by atoms with Crippen molar-refractivity contribution in [3.8, 4) is 17.0 Å². The quantitative estimate of drug-likeness (QED) is 0.371. The van der Waals surface area contributed by atoms with Crippen LogP contribution in [0.5, 0.6) is 5.75 Å². The first-order valence-electron chi connectivity index (χ1n) is 12.9. The van der Waals surface area contributed by atoms with Gasteiger partial charge in [0.1, 0.15) is 11.9 Å². The number of amides is 1. The van der Waals surface area contributed by atoms with Gasteiger partial charge in [-0.3, -0.25) is 10.1 Å². The van der Waals surface area contributed by atoms with Crippen LogP contribution in [0.4, 0.5) is 10.5 Å². The molecule has 0 unspecified atom stereocenters. The number of aromatic nitrogens is 1. The van der Waals surface area contributed by atoms with Crippen LogP contribution in [-0.2, 0) is 9.47 Å². The fraction of sp³-hybridized carbons (Fsp3) is 0.448. The van der Waals surface area contributed by atoms with Gasteiger partial charge in [-0.1, -0.05) is 12.1 Å². The van der Waals surface area contributed by atoms with E-state index in [9.17, 15) is 9.59 Å². The first-order valence-corrected chi connectivity index (χ1v) is 12.9. The second-order valence-electron chi connectivity index (χ2n) is 10.00. The second-order valence-corrected chi connectivity index (χ2v) is 10.00. The molecule has 2 heterocycles. The summed E-state index contributed by atoms with van der Waals surface area (Å²) in [5.74, 6) is 0.867. The number of nitrogens with zero attached hydrogens (tertiary/aromatic N) is 1. The zero-order valence-corrected chi connectivity index (χ0v) is 21.2. The van der Waals surface area contributed by atoms with Gasteiger partial charge in [-0.15, -0.1) is 0 Å². The average Bonchev–Trinajstić information content (AvgIpc) is 3.13. The minimum Gasteiger partial charge on any atom is -0.490 e. The van der Waals surface area contributed by atoms with E-state index in [1.807, 2.05) is 50.2 Å². The van der Waals surface area contributed by atoms with Gasteiger partial charge in [0.2, 0.25) is 0 Å². The smallest absolute Gasteiger partial charge is 0.411 e. The lowest BCUT2D eigenvalue weighted by molar-refractivity contribution is 0.0256. The first kappa shape index (κ1) is 24.4. The summed E-state index contributed by atoms with van der Waals surface area (Å²) in [6.45, 7) is 6.71. The van der Waals surface area contributed by atoms with Crippen LogP contribution in [0, 0.1) is 0 Å². The minimum absolute atomic E-state index is 0.0360. The van der Waals surface area contributed by atoms with Gasteiger partial charge in [-0.2, -0.15) is 0 Å². The largest absolute Gasteiger partial charge is 0.490 e. The van der Waals surface area contributed by atoms with Gasteiger partial charge in [0, 0.05) is 36.0 Å². The number of ketones is 1. The standard InChI is InChI=1S/C29H34N2O5/c1-18(2)35-29(33)30-21-9-7-20(8-10-21)28-27(19(3)32)25-12-11-24(36-23-13-15-34-16-14-23)17-26(25)31(28)22-5-4-6-22/h7-12,17-18,22-23H,4-6,13-16H2,1-3H3,(H,30,33). The predicted octanol–water partition coefficient (Wildman–Crippen LogP) is 6.75. The number of carbonyl (C=O) groups excluding carboxylic acids is 2. The minimum atomic E-state index is -0.484. The highest BCUT2D eigenvalue weighted by atomic mass is 16.6. The summed E-state index contributed by atoms with van der Waals surface area (Å²) in [6, 6.07) is 14.1. The highest BCUT2D eigenvalue weighted by Crippen LogP contribution is 2.44. The molecule has 7 nitrogen and oxygen atoms in total. The molecule has 1 aliphatic heterocycles. The normalized spacial score (nSPS) is 16.7. The zero-order chi connectivity index (χ0) is 25.2. The van der Waals surface area contributed by atoms with Gasteiger partial charge in [0.15, 0.2) is 5.78 Å². The summed E-state index contributed by atoms with van der Waals surface area (Å²) in [5.41, 5.74) is 4.29. The molecule has 1 amide bonds. The average molecular weight is 491 g/mol. The van der Waals surface area contributed by atoms with Gasteiger partial charge < -0.3 is 18.8 Å². The third-order valence-electron chi connectivity index (χ3n) is 6.99. The topological polar surface area (TPSA) is 78.8 Å². The van der Waals surface area contributed by atoms with Crippen molar-refractivity contribution in [3.63, 3.8) is 0 Å². The lowest BCUT2D eigenvalue weighted by Gasteiger charge is -2.30. The number of fused-ring (bicyclic) bond motifs is 1. The van der Waals surface area contributed by atoms with E-state index < -0.39 is 6.09 Å². The Kier molecular flexibility index (Phi) is 7.01. The van der Waals surface area contributed by atoms with Crippen LogP contribution >= 0.6 is 0 Å². The molecule has 0 atom stereocenters. The Bertz CT molecular complexity index is 1250. The molecule has 2 aromatic carbocycles. The summed E-state index contributed by atoms with van der Waals surface area (Å²) < 4.78 is 19.3. The van der Waals surface area contributed by atoms with Crippen molar-refractivity contribution < 1.29 is 23.8 Å². The summed E-state index contributed by atoms with van der Waals surface area (Å²) in [6.07, 6.45) is 4.59. The summed E-state index contributed by atoms with van der Waals surface area (Å²) in [7, 11) is 0. The third kappa shape index (κ3) is 4.98. The molecule has 2 fully saturated rings. The lowest BCUT2D eigenvalue weighted by Crippen LogP contribution is -2.25. The van der Waals surface area contributed by atoms with E-state index in [-0.39, 0.29) is 18.0 Å². The van der Waals surface area contributed by atoms with Crippen LogP contribution < -0.4 is 10.1 Å². The molecular formula is C29H34N2O5. The Balaban J connectivity index is 1.54. The van der Waals surface area contributed by atoms with Crippen LogP contribution in [0.25, 0.3) is 22.2 Å². The molecular weight excluding hydrogens is 456 g/mol. The molecule has 1 saturated carbocycles. The number of rotatable bonds is 7. The number of hydrogen-bond acceptors (Lipinski definition) is 5. The van der Waals surface area contributed by atoms with Crippen molar-refractivity contribution >= 4 is 28.5 Å². The van der Waals surface area contributed by atoms with Crippen LogP contribution in [0.1, 0.15) is 69.3 Å². The van der Waals surface area contributed by atoms with Crippen LogP contribution in [-0.4, -0.2) is 41.9 Å². The molecule has 5 rings (SSSR count). The number of ether oxygens (including phenoxy) is 3. The van der Waals surface area contributed by atoms with Crippen LogP contribution in [0.3, 0.4) is 0 Å². The lowest BCUT2D eigenvalue weighted by atomic mass is 9.92. The van der Waals surface area contributed by atoms with Crippen molar-refractivity contribution in [2.24, 2.45) is 0 Å². The predicted molar refractivity (Wildman–Crippen MR) is 140 cm³/mol. The van der Waals surface area contributed by atoms with Gasteiger partial charge >= 0.3 is 6.09 Å². The highest BCUT2D eigenvalue weighted by molar-refractivity contribution is 6.13. The van der Waals surface area contributed by atoms with E-state index >= 15 is 0 Å². The summed E-state index contributed by atoms with van der Waals surface area (Å²) in [4.78, 5) is 25.0. The van der Waals surface area contributed by atoms with E-state index in [1.165, 1.54) is 6.42 Å². The Morgan fingerprint density at radius 1 is 1.03 bits per heavy atom. The maximum Gasteiger partial charge on any atom is 0.411 e. The number of benzene rings is 2. The first-order chi connectivity index (χ1) is 17.4. The molecule has 3 aromatic rings. The number of carbonyl (C=O) groups is 2. The van der Waals surface area contributed by atoms with E-state index in [4.69, 9.17) is 14.2 Å². The maximum atomic E-state index is 13.0. The van der Waals surface area contributed by atoms with Crippen molar-refractivity contribution in [2.45, 2.75) is 71.1 Å². The van der Waals surface area contributed by atoms with Crippen molar-refractivity contribution in [2.75, 3.05) is 18.5 Å². The van der Waals surface area contributed by atoms with Crippen molar-refractivity contribution in [3.05, 3.63) is 48.0 Å². The van der Waals surface area contributed by atoms with Gasteiger partial charge in [-0.05, 0) is 69.9 Å². The van der Waals surface area contributed by atoms with Crippen LogP contribution in [0.15, 0.2) is 42.5 Å². The third-order valence-corrected chi connectivity index (χ3v) is 6.99. The van der Waals surface area contributed by atoms with E-state index in [0.717, 1.165) is 72.4 Å². The molecule has 1 aromatic heterocycles. The fourth-order valence-corrected chi connectivity index (χ4v) is 5.09. The molecule has 36 heavy (non-hydrogen) atoms. The fourth-order valence-electron chi connectivity index (χ4n) is 5.09. The van der Waals surface area contributed by atoms with Gasteiger partial charge in [0.05, 0.1) is 36.1 Å². The Morgan fingerprint density at radius 3 is 2.36 bits per heavy atom. The van der Waals surface area contributed by atoms with E-state index in [2.05, 4.69) is 16.0 Å². The van der Waals surface area contributed by atoms with E-state index in [0.29, 0.717) is 11.7 Å². The molecule has 1 aliphatic carbocycles. The Morgan fingerprint density at radius 2 is 1.75 bits per heavy atom. The van der Waals surface area contributed by atoms with Gasteiger partial charge in [0.25, 0.3) is 0 Å². The molecule has 7 heteroatoms. The number of nitrogens with one attached hydrogen (secondary N) is 1. The van der Waals surface area contributed by atoms with Crippen molar-refractivity contribution in [1.29, 1.82) is 0 Å². The Labute approximate surface area is 211 Å². The molecule has 190 valence electrons. The van der Waals surface area contributed by atoms with Crippen LogP contribution in [0.2, 0.25) is 0 Å². The molecule has 0 bridgehead atoms. The molecule has 0 radical (unpaired) electrons. The number of Topliss-reactive ketones (excluding diaryl/α,β-unsaturated/α-hetero) is 1. The second kappa shape index (κ2) is 10.3. The molecule has 2 aliphatic rings. The monoisotopic (exact) mass is 490 g/mol. The number of hydrogen-bond donors (Lipinski definition) is 1. The highest BCUT2D eigenvalue weighted by Gasteiger charge is 2.29. The summed E-state index contributed by atoms with van der Waals surface area (Å²) >= 11 is 0. The van der Waals surface area contributed by atoms with Crippen molar-refractivity contribution in [1.82, 2.24) is 4.57 Å². The zero-order valence-electron chi connectivity index (χ0n) is 21.2. The summed E-state index contributed by atoms with van der Waals surface area (Å²) in [5, 5.41) is 3.71. The molecule has 1 saturated heterocycles. The van der Waals surface area contributed by atoms with Gasteiger partial charge in [-0.25, -0.2) is 4.79 Å². The SMILES string of the molecule is CC(=O)c1c(-c2ccc(NC(=O)OC(C)C)cc2)n(C2CCC2)c2cc(OC3CCOCC3)ccc12. The molecule has 0 spiro atoms. The number of anilines is 1.